The molecule has 0 aliphatic carbocycles. The lowest BCUT2D eigenvalue weighted by Gasteiger charge is -2.16. The van der Waals surface area contributed by atoms with Crippen molar-refractivity contribution in [2.24, 2.45) is 0 Å². The topological polar surface area (TPSA) is 50.4 Å². The molecule has 116 valence electrons. The van der Waals surface area contributed by atoms with Crippen molar-refractivity contribution < 1.29 is 9.53 Å². The van der Waals surface area contributed by atoms with Gasteiger partial charge >= 0.3 is 0 Å². The van der Waals surface area contributed by atoms with Gasteiger partial charge in [-0.25, -0.2) is 0 Å². The van der Waals surface area contributed by atoms with Gasteiger partial charge in [-0.1, -0.05) is 42.5 Å². The van der Waals surface area contributed by atoms with Gasteiger partial charge in [-0.2, -0.15) is 0 Å². The highest BCUT2D eigenvalue weighted by atomic mass is 16.5. The molecular weight excluding hydrogens is 276 g/mol. The largest absolute Gasteiger partial charge is 0.380 e. The number of rotatable bonds is 7. The summed E-state index contributed by atoms with van der Waals surface area (Å²) in [7, 11) is 1.67. The zero-order valence-corrected chi connectivity index (χ0v) is 13.0. The summed E-state index contributed by atoms with van der Waals surface area (Å²) in [5.41, 5.74) is 3.08. The number of carbonyl (C=O) groups is 1. The molecule has 0 aliphatic rings. The molecule has 1 amide bonds. The van der Waals surface area contributed by atoms with E-state index in [0.29, 0.717) is 13.2 Å². The van der Waals surface area contributed by atoms with E-state index in [1.165, 1.54) is 0 Å². The minimum atomic E-state index is -0.304. The van der Waals surface area contributed by atoms with Crippen molar-refractivity contribution in [3.8, 4) is 0 Å². The lowest BCUT2D eigenvalue weighted by atomic mass is 10.2. The molecule has 2 N–H and O–H groups in total. The summed E-state index contributed by atoms with van der Waals surface area (Å²) in [5, 5.41) is 6.14. The maximum atomic E-state index is 12.1. The summed E-state index contributed by atoms with van der Waals surface area (Å²) >= 11 is 0. The van der Waals surface area contributed by atoms with E-state index < -0.39 is 0 Å². The Kier molecular flexibility index (Phi) is 5.98. The maximum Gasteiger partial charge on any atom is 0.242 e. The fourth-order valence-electron chi connectivity index (χ4n) is 2.17. The van der Waals surface area contributed by atoms with Crippen LogP contribution in [-0.4, -0.2) is 19.1 Å². The quantitative estimate of drug-likeness (QED) is 0.826. The van der Waals surface area contributed by atoms with Crippen LogP contribution in [0.25, 0.3) is 0 Å². The Morgan fingerprint density at radius 2 is 1.82 bits per heavy atom. The smallest absolute Gasteiger partial charge is 0.242 e. The van der Waals surface area contributed by atoms with Gasteiger partial charge in [-0.15, -0.1) is 0 Å². The second-order valence-electron chi connectivity index (χ2n) is 5.20. The number of benzene rings is 2. The van der Waals surface area contributed by atoms with Crippen LogP contribution >= 0.6 is 0 Å². The number of anilines is 1. The molecular formula is C18H22N2O2. The monoisotopic (exact) mass is 298 g/mol. The zero-order valence-electron chi connectivity index (χ0n) is 13.0. The fraction of sp³-hybridized carbons (Fsp3) is 0.278. The van der Waals surface area contributed by atoms with Gasteiger partial charge in [0, 0.05) is 19.3 Å². The van der Waals surface area contributed by atoms with E-state index in [-0.39, 0.29) is 11.9 Å². The summed E-state index contributed by atoms with van der Waals surface area (Å²) in [6, 6.07) is 17.4. The predicted octanol–water partition coefficient (Wildman–Crippen LogP) is 2.95. The van der Waals surface area contributed by atoms with Crippen LogP contribution in [0.1, 0.15) is 18.1 Å². The molecule has 2 rings (SSSR count). The number of methoxy groups -OCH3 is 1. The molecule has 0 aromatic heterocycles. The van der Waals surface area contributed by atoms with Crippen molar-refractivity contribution in [2.75, 3.05) is 12.4 Å². The average molecular weight is 298 g/mol. The second kappa shape index (κ2) is 8.20. The van der Waals surface area contributed by atoms with Gasteiger partial charge in [0.15, 0.2) is 0 Å². The summed E-state index contributed by atoms with van der Waals surface area (Å²) < 4.78 is 5.12. The molecule has 4 nitrogen and oxygen atoms in total. The highest BCUT2D eigenvalue weighted by Crippen LogP contribution is 2.12. The van der Waals surface area contributed by atoms with Crippen LogP contribution in [0.4, 0.5) is 5.69 Å². The standard InChI is InChI=1S/C18H22N2O2/c1-14(18(21)19-12-15-7-4-3-5-8-15)20-17-10-6-9-16(11-17)13-22-2/h3-11,14,20H,12-13H2,1-2H3,(H,19,21)/t14-/m0/s1. The van der Waals surface area contributed by atoms with E-state index >= 15 is 0 Å². The molecule has 0 fully saturated rings. The Morgan fingerprint density at radius 3 is 2.55 bits per heavy atom. The van der Waals surface area contributed by atoms with Crippen LogP contribution in [0.2, 0.25) is 0 Å². The lowest BCUT2D eigenvalue weighted by Crippen LogP contribution is -2.37. The first-order valence-corrected chi connectivity index (χ1v) is 7.35. The first kappa shape index (κ1) is 16.0. The fourth-order valence-corrected chi connectivity index (χ4v) is 2.17. The van der Waals surface area contributed by atoms with Crippen LogP contribution in [0.5, 0.6) is 0 Å². The summed E-state index contributed by atoms with van der Waals surface area (Å²) in [5.74, 6) is -0.0269. The summed E-state index contributed by atoms with van der Waals surface area (Å²) in [6.45, 7) is 2.95. The van der Waals surface area contributed by atoms with Crippen LogP contribution in [0.3, 0.4) is 0 Å². The molecule has 0 saturated carbocycles. The number of ether oxygens (including phenoxy) is 1. The van der Waals surface area contributed by atoms with Crippen LogP contribution in [0, 0.1) is 0 Å². The number of carbonyl (C=O) groups excluding carboxylic acids is 1. The third-order valence-electron chi connectivity index (χ3n) is 3.32. The third-order valence-corrected chi connectivity index (χ3v) is 3.32. The van der Waals surface area contributed by atoms with Crippen molar-refractivity contribution in [3.05, 3.63) is 65.7 Å². The number of amides is 1. The first-order valence-electron chi connectivity index (χ1n) is 7.35. The van der Waals surface area contributed by atoms with Crippen LogP contribution < -0.4 is 10.6 Å². The Bertz CT molecular complexity index is 599. The molecule has 0 radical (unpaired) electrons. The van der Waals surface area contributed by atoms with Gasteiger partial charge in [0.1, 0.15) is 6.04 Å². The van der Waals surface area contributed by atoms with Gasteiger partial charge < -0.3 is 15.4 Å². The summed E-state index contributed by atoms with van der Waals surface area (Å²) in [4.78, 5) is 12.1. The maximum absolute atomic E-state index is 12.1. The SMILES string of the molecule is COCc1cccc(N[C@@H](C)C(=O)NCc2ccccc2)c1. The molecule has 1 atom stereocenters. The van der Waals surface area contributed by atoms with E-state index in [4.69, 9.17) is 4.74 Å². The predicted molar refractivity (Wildman–Crippen MR) is 88.5 cm³/mol. The summed E-state index contributed by atoms with van der Waals surface area (Å²) in [6.07, 6.45) is 0. The van der Waals surface area contributed by atoms with Gasteiger partial charge in [0.25, 0.3) is 0 Å². The minimum absolute atomic E-state index is 0.0269. The second-order valence-corrected chi connectivity index (χ2v) is 5.20. The molecule has 0 heterocycles. The van der Waals surface area contributed by atoms with Crippen molar-refractivity contribution in [1.29, 1.82) is 0 Å². The number of hydrogen-bond acceptors (Lipinski definition) is 3. The Morgan fingerprint density at radius 1 is 1.09 bits per heavy atom. The van der Waals surface area contributed by atoms with Crippen molar-refractivity contribution in [3.63, 3.8) is 0 Å². The van der Waals surface area contributed by atoms with E-state index in [0.717, 1.165) is 16.8 Å². The lowest BCUT2D eigenvalue weighted by molar-refractivity contribution is -0.121. The van der Waals surface area contributed by atoms with E-state index in [1.54, 1.807) is 7.11 Å². The minimum Gasteiger partial charge on any atom is -0.380 e. The van der Waals surface area contributed by atoms with Crippen LogP contribution in [-0.2, 0) is 22.7 Å². The Balaban J connectivity index is 1.87. The molecule has 0 spiro atoms. The van der Waals surface area contributed by atoms with E-state index in [2.05, 4.69) is 10.6 Å². The molecule has 0 bridgehead atoms. The van der Waals surface area contributed by atoms with Crippen molar-refractivity contribution in [1.82, 2.24) is 5.32 Å². The molecule has 0 saturated heterocycles. The van der Waals surface area contributed by atoms with Gasteiger partial charge in [0.2, 0.25) is 5.91 Å². The first-order chi connectivity index (χ1) is 10.7. The third kappa shape index (κ3) is 4.90. The normalized spacial score (nSPS) is 11.7. The Hall–Kier alpha value is -2.33. The highest BCUT2D eigenvalue weighted by molar-refractivity contribution is 5.84. The zero-order chi connectivity index (χ0) is 15.8. The Labute approximate surface area is 131 Å². The average Bonchev–Trinajstić information content (AvgIpc) is 2.54. The highest BCUT2D eigenvalue weighted by Gasteiger charge is 2.12. The van der Waals surface area contributed by atoms with Gasteiger partial charge in [0.05, 0.1) is 6.61 Å². The molecule has 2 aromatic carbocycles. The van der Waals surface area contributed by atoms with E-state index in [1.807, 2.05) is 61.5 Å². The van der Waals surface area contributed by atoms with Crippen molar-refractivity contribution in [2.45, 2.75) is 26.1 Å². The number of nitrogens with one attached hydrogen (secondary N) is 2. The molecule has 0 aliphatic heterocycles. The van der Waals surface area contributed by atoms with E-state index in [9.17, 15) is 4.79 Å². The molecule has 0 unspecified atom stereocenters. The van der Waals surface area contributed by atoms with Gasteiger partial charge in [-0.05, 0) is 30.2 Å². The van der Waals surface area contributed by atoms with Crippen LogP contribution in [0.15, 0.2) is 54.6 Å². The number of hydrogen-bond donors (Lipinski definition) is 2. The van der Waals surface area contributed by atoms with Gasteiger partial charge in [-0.3, -0.25) is 4.79 Å². The molecule has 22 heavy (non-hydrogen) atoms. The molecule has 2 aromatic rings. The molecule has 4 heteroatoms. The van der Waals surface area contributed by atoms with Crippen molar-refractivity contribution >= 4 is 11.6 Å².